The Morgan fingerprint density at radius 2 is 1.88 bits per heavy atom. The molecule has 2 amide bonds. The first-order chi connectivity index (χ1) is 16.1. The summed E-state index contributed by atoms with van der Waals surface area (Å²) in [4.78, 5) is 38.7. The summed E-state index contributed by atoms with van der Waals surface area (Å²) in [6.07, 6.45) is 5.57. The second-order valence-electron chi connectivity index (χ2n) is 8.51. The molecule has 3 N–H and O–H groups in total. The maximum Gasteiger partial charge on any atom is 0.319 e. The van der Waals surface area contributed by atoms with E-state index in [1.54, 1.807) is 12.4 Å². The molecule has 5 rings (SSSR count). The van der Waals surface area contributed by atoms with Crippen LogP contribution in [-0.4, -0.2) is 39.4 Å². The number of imidazole rings is 1. The molecule has 0 saturated carbocycles. The number of H-pyrrole nitrogens is 1. The second kappa shape index (κ2) is 8.60. The molecule has 3 heterocycles. The van der Waals surface area contributed by atoms with E-state index in [0.717, 1.165) is 40.1 Å². The van der Waals surface area contributed by atoms with Crippen molar-refractivity contribution in [1.82, 2.24) is 19.4 Å². The molecule has 33 heavy (non-hydrogen) atoms. The van der Waals surface area contributed by atoms with Crippen molar-refractivity contribution in [1.29, 1.82) is 0 Å². The van der Waals surface area contributed by atoms with E-state index in [0.29, 0.717) is 19.4 Å². The molecule has 7 heteroatoms. The van der Waals surface area contributed by atoms with Gasteiger partial charge in [-0.2, -0.15) is 0 Å². The van der Waals surface area contributed by atoms with Crippen LogP contribution in [0.3, 0.4) is 0 Å². The molecule has 1 saturated heterocycles. The van der Waals surface area contributed by atoms with Gasteiger partial charge in [0.25, 0.3) is 5.91 Å². The Labute approximate surface area is 191 Å². The Hall–Kier alpha value is -3.84. The van der Waals surface area contributed by atoms with Crippen LogP contribution >= 0.6 is 0 Å². The average molecular weight is 441 g/mol. The number of aryl methyl sites for hydroxylation is 1. The zero-order valence-corrected chi connectivity index (χ0v) is 18.3. The normalized spacial score (nSPS) is 20.2. The van der Waals surface area contributed by atoms with Crippen LogP contribution in [0.1, 0.15) is 25.1 Å². The van der Waals surface area contributed by atoms with Crippen LogP contribution in [0.2, 0.25) is 0 Å². The third kappa shape index (κ3) is 3.70. The van der Waals surface area contributed by atoms with Crippen molar-refractivity contribution in [3.63, 3.8) is 0 Å². The van der Waals surface area contributed by atoms with Gasteiger partial charge >= 0.3 is 5.91 Å². The number of aromatic amines is 1. The van der Waals surface area contributed by atoms with Crippen molar-refractivity contribution in [2.75, 3.05) is 6.54 Å². The molecule has 2 aromatic carbocycles. The van der Waals surface area contributed by atoms with Crippen LogP contribution in [0.15, 0.2) is 73.1 Å². The standard InChI is InChI=1S/C26H25N5O2/c27-26(33)23-12-6-16-31(23,22-11-4-1-8-19(22)18-7-5-15-28-17-18)25(32)14-13-24-29-20-9-2-3-10-21(20)30-24/h1-5,7-11,15,17,23H,6,12-14,16H2,(H2-,27,29,30,33)/p+1/t23-,31?/m0/s1. The number of para-hydroxylation sites is 3. The molecule has 1 fully saturated rings. The molecule has 0 radical (unpaired) electrons. The zero-order valence-electron chi connectivity index (χ0n) is 18.3. The number of nitrogens with two attached hydrogens (primary N) is 1. The average Bonchev–Trinajstić information content (AvgIpc) is 3.48. The molecule has 1 unspecified atom stereocenters. The summed E-state index contributed by atoms with van der Waals surface area (Å²) in [5, 5.41) is 0. The predicted octanol–water partition coefficient (Wildman–Crippen LogP) is 3.74. The van der Waals surface area contributed by atoms with Gasteiger partial charge in [-0.1, -0.05) is 30.3 Å². The highest BCUT2D eigenvalue weighted by Gasteiger charge is 2.53. The number of rotatable bonds is 6. The lowest BCUT2D eigenvalue weighted by Crippen LogP contribution is -2.62. The molecule has 7 nitrogen and oxygen atoms in total. The summed E-state index contributed by atoms with van der Waals surface area (Å²) < 4.78 is -0.0549. The number of amides is 2. The van der Waals surface area contributed by atoms with Gasteiger partial charge in [-0.3, -0.25) is 9.78 Å². The van der Waals surface area contributed by atoms with Crippen molar-refractivity contribution in [2.45, 2.75) is 31.7 Å². The van der Waals surface area contributed by atoms with Crippen molar-refractivity contribution < 1.29 is 9.59 Å². The number of nitrogens with one attached hydrogen (secondary N) is 1. The number of quaternary nitrogens is 1. The highest BCUT2D eigenvalue weighted by atomic mass is 16.2. The summed E-state index contributed by atoms with van der Waals surface area (Å²) >= 11 is 0. The number of pyridine rings is 1. The second-order valence-corrected chi connectivity index (χ2v) is 8.51. The maximum atomic E-state index is 14.0. The lowest BCUT2D eigenvalue weighted by Gasteiger charge is -2.37. The van der Waals surface area contributed by atoms with E-state index in [2.05, 4.69) is 15.0 Å². The Morgan fingerprint density at radius 1 is 1.06 bits per heavy atom. The van der Waals surface area contributed by atoms with Gasteiger partial charge in [0.15, 0.2) is 6.04 Å². The molecule has 2 aromatic heterocycles. The molecule has 0 bridgehead atoms. The SMILES string of the molecule is NC(=O)[C@@H]1CCC[N+]1(C(=O)CCc1nc2ccccc2[nH]1)c1ccccc1-c1cccnc1. The quantitative estimate of drug-likeness (QED) is 0.446. The summed E-state index contributed by atoms with van der Waals surface area (Å²) in [5.41, 5.74) is 10.3. The number of aromatic nitrogens is 3. The van der Waals surface area contributed by atoms with E-state index < -0.39 is 11.9 Å². The van der Waals surface area contributed by atoms with Gasteiger partial charge in [0.1, 0.15) is 11.5 Å². The van der Waals surface area contributed by atoms with Gasteiger partial charge in [0.05, 0.1) is 24.0 Å². The van der Waals surface area contributed by atoms with E-state index in [9.17, 15) is 9.59 Å². The number of likely N-dealkylation sites (tertiary alicyclic amines) is 1. The van der Waals surface area contributed by atoms with Crippen LogP contribution in [-0.2, 0) is 16.0 Å². The largest absolute Gasteiger partial charge is 0.364 e. The predicted molar refractivity (Wildman–Crippen MR) is 128 cm³/mol. The van der Waals surface area contributed by atoms with Crippen molar-refractivity contribution in [3.05, 3.63) is 78.9 Å². The van der Waals surface area contributed by atoms with Crippen LogP contribution in [0.4, 0.5) is 5.69 Å². The Kier molecular flexibility index (Phi) is 5.48. The van der Waals surface area contributed by atoms with E-state index in [-0.39, 0.29) is 16.8 Å². The Balaban J connectivity index is 1.54. The summed E-state index contributed by atoms with van der Waals surface area (Å²) in [6.45, 7) is 0.545. The van der Waals surface area contributed by atoms with Gasteiger partial charge < -0.3 is 10.7 Å². The highest BCUT2D eigenvalue weighted by Crippen LogP contribution is 2.42. The van der Waals surface area contributed by atoms with Crippen molar-refractivity contribution >= 4 is 28.5 Å². The Morgan fingerprint density at radius 3 is 2.67 bits per heavy atom. The van der Waals surface area contributed by atoms with Crippen LogP contribution in [0.5, 0.6) is 0 Å². The minimum atomic E-state index is -0.592. The fraction of sp³-hybridized carbons (Fsp3) is 0.231. The van der Waals surface area contributed by atoms with E-state index in [1.165, 1.54) is 0 Å². The third-order valence-electron chi connectivity index (χ3n) is 6.61. The number of fused-ring (bicyclic) bond motifs is 1. The summed E-state index contributed by atoms with van der Waals surface area (Å²) in [6, 6.07) is 18.8. The summed E-state index contributed by atoms with van der Waals surface area (Å²) in [7, 11) is 0. The van der Waals surface area contributed by atoms with Crippen LogP contribution in [0, 0.1) is 0 Å². The number of carbonyl (C=O) groups excluding carboxylic acids is 2. The molecule has 2 atom stereocenters. The minimum Gasteiger partial charge on any atom is -0.364 e. The third-order valence-corrected chi connectivity index (χ3v) is 6.61. The zero-order chi connectivity index (χ0) is 22.8. The fourth-order valence-electron chi connectivity index (χ4n) is 5.13. The van der Waals surface area contributed by atoms with Crippen molar-refractivity contribution in [3.8, 4) is 11.1 Å². The van der Waals surface area contributed by atoms with Gasteiger partial charge in [0, 0.05) is 48.8 Å². The lowest BCUT2D eigenvalue weighted by atomic mass is 10.0. The molecular formula is C26H26N5O2+. The fourth-order valence-corrected chi connectivity index (χ4v) is 5.13. The van der Waals surface area contributed by atoms with E-state index >= 15 is 0 Å². The molecule has 0 spiro atoms. The first-order valence-electron chi connectivity index (χ1n) is 11.2. The van der Waals surface area contributed by atoms with Crippen LogP contribution in [0.25, 0.3) is 22.2 Å². The van der Waals surface area contributed by atoms with Gasteiger partial charge in [-0.25, -0.2) is 14.3 Å². The van der Waals surface area contributed by atoms with E-state index in [4.69, 9.17) is 5.73 Å². The molecular weight excluding hydrogens is 414 g/mol. The summed E-state index contributed by atoms with van der Waals surface area (Å²) in [5.74, 6) is 0.303. The number of nitrogens with zero attached hydrogens (tertiary/aromatic N) is 3. The maximum absolute atomic E-state index is 14.0. The van der Waals surface area contributed by atoms with Gasteiger partial charge in [0.2, 0.25) is 0 Å². The number of benzene rings is 2. The Bertz CT molecular complexity index is 1280. The topological polar surface area (TPSA) is 102 Å². The first kappa shape index (κ1) is 21.0. The monoisotopic (exact) mass is 440 g/mol. The molecule has 0 aliphatic carbocycles. The van der Waals surface area contributed by atoms with E-state index in [1.807, 2.05) is 60.7 Å². The van der Waals surface area contributed by atoms with Gasteiger partial charge in [-0.05, 0) is 24.3 Å². The lowest BCUT2D eigenvalue weighted by molar-refractivity contribution is -0.136. The van der Waals surface area contributed by atoms with Gasteiger partial charge in [-0.15, -0.1) is 0 Å². The van der Waals surface area contributed by atoms with Crippen molar-refractivity contribution in [2.24, 2.45) is 5.73 Å². The van der Waals surface area contributed by atoms with Crippen LogP contribution < -0.4 is 10.2 Å². The molecule has 1 aliphatic heterocycles. The number of carbonyl (C=O) groups is 2. The molecule has 1 aliphatic rings. The number of hydrogen-bond acceptors (Lipinski definition) is 4. The molecule has 4 aromatic rings. The minimum absolute atomic E-state index is 0.0203. The number of hydrogen-bond donors (Lipinski definition) is 2. The molecule has 166 valence electrons. The first-order valence-corrected chi connectivity index (χ1v) is 11.2. The number of primary amides is 1. The smallest absolute Gasteiger partial charge is 0.319 e. The highest BCUT2D eigenvalue weighted by molar-refractivity contribution is 5.99.